The molecule has 6 aromatic heterocycles. The molecular weight excluding hydrogens is 1140 g/mol. The molecule has 0 bridgehead atoms. The lowest BCUT2D eigenvalue weighted by molar-refractivity contribution is 0.668. The zero-order valence-electron chi connectivity index (χ0n) is 51.3. The fourth-order valence-corrected chi connectivity index (χ4v) is 14.2. The Labute approximate surface area is 534 Å². The van der Waals surface area contributed by atoms with Crippen molar-refractivity contribution in [2.75, 3.05) is 0 Å². The van der Waals surface area contributed by atoms with Crippen molar-refractivity contribution in [2.45, 2.75) is 20.8 Å². The summed E-state index contributed by atoms with van der Waals surface area (Å²) in [6.45, 7) is 6.38. The fourth-order valence-electron chi connectivity index (χ4n) is 14.2. The van der Waals surface area contributed by atoms with E-state index in [0.717, 1.165) is 88.4 Å². The minimum Gasteiger partial charge on any atom is -0.456 e. The predicted octanol–water partition coefficient (Wildman–Crippen LogP) is 24.8. The van der Waals surface area contributed by atoms with Gasteiger partial charge in [-0.05, 0) is 188 Å². The summed E-state index contributed by atoms with van der Waals surface area (Å²) in [7, 11) is 0. The third kappa shape index (κ3) is 9.17. The highest BCUT2D eigenvalue weighted by Crippen LogP contribution is 2.41. The smallest absolute Gasteiger partial charge is 0.135 e. The lowest BCUT2D eigenvalue weighted by Crippen LogP contribution is -1.94. The van der Waals surface area contributed by atoms with E-state index in [0.29, 0.717) is 0 Å². The number of para-hydroxylation sites is 5. The topological polar surface area (TPSA) is 62.4 Å². The molecule has 0 unspecified atom stereocenters. The van der Waals surface area contributed by atoms with E-state index in [4.69, 9.17) is 17.7 Å². The minimum atomic E-state index is 0.919. The molecule has 20 rings (SSSR count). The first-order valence-corrected chi connectivity index (χ1v) is 31.7. The number of nitrogens with zero attached hydrogens (tertiary/aromatic N) is 2. The number of furan rings is 4. The van der Waals surface area contributed by atoms with Crippen LogP contribution in [0, 0.1) is 20.8 Å². The Morgan fingerprint density at radius 2 is 0.495 bits per heavy atom. The third-order valence-electron chi connectivity index (χ3n) is 18.6. The summed E-state index contributed by atoms with van der Waals surface area (Å²) in [5.74, 6) is 0. The Kier molecular flexibility index (Phi) is 12.5. The summed E-state index contributed by atoms with van der Waals surface area (Å²) >= 11 is 0. The fraction of sp³-hybridized carbons (Fsp3) is 0.0345. The molecule has 6 heterocycles. The maximum Gasteiger partial charge on any atom is 0.135 e. The lowest BCUT2D eigenvalue weighted by atomic mass is 10.0. The number of hydrogen-bond acceptors (Lipinski definition) is 4. The van der Waals surface area contributed by atoms with Crippen LogP contribution in [0.4, 0.5) is 0 Å². The number of hydrogen-bond donors (Lipinski definition) is 0. The van der Waals surface area contributed by atoms with Crippen molar-refractivity contribution in [3.63, 3.8) is 0 Å². The van der Waals surface area contributed by atoms with Crippen LogP contribution in [0.1, 0.15) is 16.7 Å². The Morgan fingerprint density at radius 3 is 0.989 bits per heavy atom. The summed E-state index contributed by atoms with van der Waals surface area (Å²) < 4.78 is 28.8. The standard InChI is InChI=1S/2C31H21NO.C25H16O2/c1-20-13-15-30-26(17-20)27-19-22(14-16-31(27)33-30)21-7-6-8-23(18-21)32-28-11-4-2-9-24(28)25-10-3-5-12-29(25)32;1-20-7-6-8-21(17-20)22-13-15-29-26(18-22)24-9-2-4-11-28(24)32(29)23-14-16-31-27(19-23)25-10-3-5-12-30(25)33-31;1-15-6-9-23-19(12-15)21-14-17(8-11-25(21)27-23)16-7-10-24-20(13-16)18-4-2-3-5-22(18)26-24/h2*2-19H,1H3;2-14H,1H3. The zero-order chi connectivity index (χ0) is 61.8. The number of rotatable bonds is 5. The molecular formula is C87H58N2O4. The van der Waals surface area contributed by atoms with Gasteiger partial charge in [-0.3, -0.25) is 0 Å². The normalized spacial score (nSPS) is 11.8. The second-order valence-electron chi connectivity index (χ2n) is 24.6. The van der Waals surface area contributed by atoms with Gasteiger partial charge in [0.1, 0.15) is 44.7 Å². The predicted molar refractivity (Wildman–Crippen MR) is 388 cm³/mol. The van der Waals surface area contributed by atoms with Crippen LogP contribution < -0.4 is 0 Å². The SMILES string of the molecule is Cc1ccc2oc3ccc(-c4ccc5oc6ccccc6c5c4)cc3c2c1.Cc1ccc2oc3ccc(-c4cccc(-n5c6ccccc6c6ccccc65)c4)cc3c2c1.Cc1cccc(-c2ccc3c(c2)c2ccccc2n3-c2ccc3oc4ccccc4c3c2)c1. The average molecular weight is 1200 g/mol. The van der Waals surface area contributed by atoms with Gasteiger partial charge in [0.05, 0.1) is 22.1 Å². The van der Waals surface area contributed by atoms with Crippen LogP contribution in [-0.4, -0.2) is 9.13 Å². The second kappa shape index (κ2) is 21.5. The van der Waals surface area contributed by atoms with Crippen LogP contribution in [0.15, 0.2) is 315 Å². The molecule has 6 heteroatoms. The van der Waals surface area contributed by atoms with E-state index in [1.54, 1.807) is 0 Å². The molecule has 0 aliphatic carbocycles. The quantitative estimate of drug-likeness (QED) is 0.172. The van der Waals surface area contributed by atoms with Crippen molar-refractivity contribution in [2.24, 2.45) is 0 Å². The van der Waals surface area contributed by atoms with Crippen LogP contribution in [0.2, 0.25) is 0 Å². The van der Waals surface area contributed by atoms with Gasteiger partial charge < -0.3 is 26.8 Å². The molecule has 0 N–H and O–H groups in total. The summed E-state index contributed by atoms with van der Waals surface area (Å²) in [4.78, 5) is 0. The number of aromatic nitrogens is 2. The molecule has 0 amide bonds. The zero-order valence-corrected chi connectivity index (χ0v) is 51.3. The largest absolute Gasteiger partial charge is 0.456 e. The van der Waals surface area contributed by atoms with Crippen molar-refractivity contribution in [1.29, 1.82) is 0 Å². The Balaban J connectivity index is 0.000000103. The van der Waals surface area contributed by atoms with Gasteiger partial charge in [0.15, 0.2) is 0 Å². The Morgan fingerprint density at radius 1 is 0.183 bits per heavy atom. The molecule has 0 atom stereocenters. The van der Waals surface area contributed by atoms with Gasteiger partial charge in [0, 0.05) is 76.0 Å². The van der Waals surface area contributed by atoms with Crippen molar-refractivity contribution in [1.82, 2.24) is 9.13 Å². The molecule has 0 saturated carbocycles. The van der Waals surface area contributed by atoms with E-state index in [2.05, 4.69) is 297 Å². The van der Waals surface area contributed by atoms with E-state index >= 15 is 0 Å². The highest BCUT2D eigenvalue weighted by atomic mass is 16.3. The summed E-state index contributed by atoms with van der Waals surface area (Å²) in [6, 6.07) is 105. The van der Waals surface area contributed by atoms with E-state index in [-0.39, 0.29) is 0 Å². The van der Waals surface area contributed by atoms with Gasteiger partial charge in [-0.15, -0.1) is 0 Å². The summed E-state index contributed by atoms with van der Waals surface area (Å²) in [6.07, 6.45) is 0. The van der Waals surface area contributed by atoms with Crippen LogP contribution in [0.5, 0.6) is 0 Å². The molecule has 14 aromatic carbocycles. The Bertz CT molecular complexity index is 6320. The van der Waals surface area contributed by atoms with Crippen molar-refractivity contribution < 1.29 is 17.7 Å². The van der Waals surface area contributed by atoms with Crippen LogP contribution in [0.25, 0.3) is 176 Å². The van der Waals surface area contributed by atoms with Crippen LogP contribution >= 0.6 is 0 Å². The summed E-state index contributed by atoms with van der Waals surface area (Å²) in [5.41, 5.74) is 25.6. The van der Waals surface area contributed by atoms with Gasteiger partial charge >= 0.3 is 0 Å². The highest BCUT2D eigenvalue weighted by Gasteiger charge is 2.18. The molecule has 20 aromatic rings. The second-order valence-corrected chi connectivity index (χ2v) is 24.6. The van der Waals surface area contributed by atoms with E-state index in [1.165, 1.54) is 104 Å². The molecule has 0 fully saturated rings. The number of aryl methyl sites for hydroxylation is 3. The average Bonchev–Trinajstić information content (AvgIpc) is 1.62. The number of fused-ring (bicyclic) bond motifs is 18. The highest BCUT2D eigenvalue weighted by molar-refractivity contribution is 6.14. The first-order chi connectivity index (χ1) is 45.8. The van der Waals surface area contributed by atoms with E-state index < -0.39 is 0 Å². The lowest BCUT2D eigenvalue weighted by Gasteiger charge is -2.10. The molecule has 0 radical (unpaired) electrons. The first kappa shape index (κ1) is 53.9. The molecule has 6 nitrogen and oxygen atoms in total. The minimum absolute atomic E-state index is 0.919. The van der Waals surface area contributed by atoms with Crippen molar-refractivity contribution in [3.05, 3.63) is 314 Å². The molecule has 0 aliphatic heterocycles. The van der Waals surface area contributed by atoms with Gasteiger partial charge in [0.2, 0.25) is 0 Å². The Hall–Kier alpha value is -12.1. The van der Waals surface area contributed by atoms with Crippen molar-refractivity contribution >= 4 is 131 Å². The van der Waals surface area contributed by atoms with Gasteiger partial charge in [-0.1, -0.05) is 180 Å². The monoisotopic (exact) mass is 1190 g/mol. The maximum absolute atomic E-state index is 6.07. The first-order valence-electron chi connectivity index (χ1n) is 31.7. The van der Waals surface area contributed by atoms with E-state index in [1.807, 2.05) is 30.3 Å². The van der Waals surface area contributed by atoms with Gasteiger partial charge in [-0.25, -0.2) is 0 Å². The molecule has 440 valence electrons. The van der Waals surface area contributed by atoms with Crippen molar-refractivity contribution in [3.8, 4) is 44.8 Å². The molecule has 93 heavy (non-hydrogen) atoms. The maximum atomic E-state index is 6.07. The van der Waals surface area contributed by atoms with Crippen LogP contribution in [0.3, 0.4) is 0 Å². The van der Waals surface area contributed by atoms with E-state index in [9.17, 15) is 0 Å². The van der Waals surface area contributed by atoms with Crippen LogP contribution in [-0.2, 0) is 0 Å². The third-order valence-corrected chi connectivity index (χ3v) is 18.6. The molecule has 0 spiro atoms. The van der Waals surface area contributed by atoms with Gasteiger partial charge in [0.25, 0.3) is 0 Å². The molecule has 0 aliphatic rings. The van der Waals surface area contributed by atoms with Gasteiger partial charge in [-0.2, -0.15) is 0 Å². The molecule has 0 saturated heterocycles. The summed E-state index contributed by atoms with van der Waals surface area (Å²) in [5, 5.41) is 14.3. The number of benzene rings is 14.